The highest BCUT2D eigenvalue weighted by Crippen LogP contribution is 2.31. The van der Waals surface area contributed by atoms with Crippen molar-refractivity contribution in [2.24, 2.45) is 0 Å². The zero-order chi connectivity index (χ0) is 14.6. The molecule has 7 heteroatoms. The van der Waals surface area contributed by atoms with Gasteiger partial charge in [0.1, 0.15) is 11.2 Å². The number of nitro groups is 1. The van der Waals surface area contributed by atoms with Gasteiger partial charge < -0.3 is 10.4 Å². The Morgan fingerprint density at radius 1 is 1.47 bits per heavy atom. The van der Waals surface area contributed by atoms with E-state index in [2.05, 4.69) is 5.32 Å². The first-order valence-electron chi connectivity index (χ1n) is 5.82. The predicted octanol–water partition coefficient (Wildman–Crippen LogP) is 2.79. The standard InChI is InChI=1S/C12H15FN2O4/c1-3-12(4-2,11(16)17)14-9-7-5-6-8(13)10(9)15(18)19/h5-7,14H,3-4H2,1-2H3,(H,16,17). The highest BCUT2D eigenvalue weighted by Gasteiger charge is 2.37. The molecule has 0 heterocycles. The quantitative estimate of drug-likeness (QED) is 0.612. The van der Waals surface area contributed by atoms with Crippen LogP contribution < -0.4 is 5.32 Å². The molecule has 0 aliphatic carbocycles. The van der Waals surface area contributed by atoms with Crippen LogP contribution >= 0.6 is 0 Å². The van der Waals surface area contributed by atoms with Gasteiger partial charge in [-0.2, -0.15) is 4.39 Å². The number of para-hydroxylation sites is 1. The van der Waals surface area contributed by atoms with Gasteiger partial charge in [0.05, 0.1) is 4.92 Å². The number of hydrogen-bond acceptors (Lipinski definition) is 4. The molecule has 6 nitrogen and oxygen atoms in total. The third-order valence-corrected chi connectivity index (χ3v) is 3.16. The van der Waals surface area contributed by atoms with Gasteiger partial charge in [-0.25, -0.2) is 4.79 Å². The summed E-state index contributed by atoms with van der Waals surface area (Å²) in [5.74, 6) is -2.13. The van der Waals surface area contributed by atoms with Crippen molar-refractivity contribution in [2.45, 2.75) is 32.2 Å². The second-order valence-corrected chi connectivity index (χ2v) is 4.11. The number of hydrogen-bond donors (Lipinski definition) is 2. The van der Waals surface area contributed by atoms with E-state index in [0.717, 1.165) is 6.07 Å². The molecule has 0 atom stereocenters. The van der Waals surface area contributed by atoms with Crippen molar-refractivity contribution in [2.75, 3.05) is 5.32 Å². The Morgan fingerprint density at radius 2 is 2.05 bits per heavy atom. The lowest BCUT2D eigenvalue weighted by molar-refractivity contribution is -0.386. The Morgan fingerprint density at radius 3 is 2.47 bits per heavy atom. The third-order valence-electron chi connectivity index (χ3n) is 3.16. The van der Waals surface area contributed by atoms with Crippen LogP contribution in [0.15, 0.2) is 18.2 Å². The average molecular weight is 270 g/mol. The number of halogens is 1. The minimum Gasteiger partial charge on any atom is -0.480 e. The number of anilines is 1. The lowest BCUT2D eigenvalue weighted by Gasteiger charge is -2.29. The van der Waals surface area contributed by atoms with E-state index in [4.69, 9.17) is 0 Å². The van der Waals surface area contributed by atoms with E-state index in [0.29, 0.717) is 0 Å². The Labute approximate surface area is 109 Å². The summed E-state index contributed by atoms with van der Waals surface area (Å²) in [6.45, 7) is 3.30. The predicted molar refractivity (Wildman–Crippen MR) is 67.6 cm³/mol. The van der Waals surface area contributed by atoms with Crippen molar-refractivity contribution in [1.82, 2.24) is 0 Å². The molecule has 104 valence electrons. The topological polar surface area (TPSA) is 92.5 Å². The minimum atomic E-state index is -1.35. The first-order chi connectivity index (χ1) is 8.88. The number of rotatable bonds is 6. The van der Waals surface area contributed by atoms with Crippen molar-refractivity contribution in [3.05, 3.63) is 34.1 Å². The van der Waals surface area contributed by atoms with Crippen molar-refractivity contribution in [3.8, 4) is 0 Å². The molecule has 0 spiro atoms. The van der Waals surface area contributed by atoms with E-state index in [9.17, 15) is 24.4 Å². The number of carboxylic acid groups (broad SMARTS) is 1. The van der Waals surface area contributed by atoms with E-state index < -0.39 is 27.9 Å². The van der Waals surface area contributed by atoms with Gasteiger partial charge in [-0.15, -0.1) is 0 Å². The summed E-state index contributed by atoms with van der Waals surface area (Å²) in [4.78, 5) is 21.3. The van der Waals surface area contributed by atoms with Gasteiger partial charge in [-0.05, 0) is 25.0 Å². The summed E-state index contributed by atoms with van der Waals surface area (Å²) in [6.07, 6.45) is 0.430. The van der Waals surface area contributed by atoms with Crippen LogP contribution in [0.25, 0.3) is 0 Å². The Balaban J connectivity index is 3.28. The van der Waals surface area contributed by atoms with Crippen LogP contribution in [0.5, 0.6) is 0 Å². The SMILES string of the molecule is CCC(CC)(Nc1cccc(F)c1[N+](=O)[O-])C(=O)O. The fourth-order valence-corrected chi connectivity index (χ4v) is 1.84. The molecule has 0 aliphatic heterocycles. The first-order valence-corrected chi connectivity index (χ1v) is 5.82. The third kappa shape index (κ3) is 2.81. The molecule has 1 aromatic carbocycles. The van der Waals surface area contributed by atoms with Crippen LogP contribution in [0.2, 0.25) is 0 Å². The van der Waals surface area contributed by atoms with E-state index in [-0.39, 0.29) is 18.5 Å². The van der Waals surface area contributed by atoms with Gasteiger partial charge in [-0.3, -0.25) is 10.1 Å². The van der Waals surface area contributed by atoms with Crippen molar-refractivity contribution in [3.63, 3.8) is 0 Å². The highest BCUT2D eigenvalue weighted by molar-refractivity contribution is 5.84. The highest BCUT2D eigenvalue weighted by atomic mass is 19.1. The van der Waals surface area contributed by atoms with Gasteiger partial charge in [-0.1, -0.05) is 19.9 Å². The largest absolute Gasteiger partial charge is 0.480 e. The average Bonchev–Trinajstić information content (AvgIpc) is 2.35. The Hall–Kier alpha value is -2.18. The van der Waals surface area contributed by atoms with E-state index in [1.165, 1.54) is 12.1 Å². The molecule has 0 aromatic heterocycles. The molecule has 2 N–H and O–H groups in total. The lowest BCUT2D eigenvalue weighted by atomic mass is 9.92. The van der Waals surface area contributed by atoms with Crippen LogP contribution in [0.1, 0.15) is 26.7 Å². The van der Waals surface area contributed by atoms with Crippen molar-refractivity contribution >= 4 is 17.3 Å². The molecule has 0 unspecified atom stereocenters. The zero-order valence-electron chi connectivity index (χ0n) is 10.6. The second kappa shape index (κ2) is 5.64. The number of aliphatic carboxylic acids is 1. The molecule has 19 heavy (non-hydrogen) atoms. The Kier molecular flexibility index (Phi) is 4.42. The van der Waals surface area contributed by atoms with Crippen LogP contribution in [-0.2, 0) is 4.79 Å². The number of benzene rings is 1. The maximum absolute atomic E-state index is 13.5. The molecule has 0 saturated carbocycles. The molecule has 0 saturated heterocycles. The molecular formula is C12H15FN2O4. The van der Waals surface area contributed by atoms with Crippen molar-refractivity contribution in [1.29, 1.82) is 0 Å². The van der Waals surface area contributed by atoms with Crippen molar-refractivity contribution < 1.29 is 19.2 Å². The number of nitro benzene ring substituents is 1. The summed E-state index contributed by atoms with van der Waals surface area (Å²) in [5.41, 5.74) is -2.22. The van der Waals surface area contributed by atoms with Gasteiger partial charge in [0, 0.05) is 0 Å². The molecule has 0 fully saturated rings. The second-order valence-electron chi connectivity index (χ2n) is 4.11. The van der Waals surface area contributed by atoms with Crippen LogP contribution in [0.3, 0.4) is 0 Å². The summed E-state index contributed by atoms with van der Waals surface area (Å²) in [6, 6.07) is 3.55. The maximum Gasteiger partial charge on any atom is 0.329 e. The van der Waals surface area contributed by atoms with Gasteiger partial charge >= 0.3 is 11.7 Å². The summed E-state index contributed by atoms with van der Waals surface area (Å²) < 4.78 is 13.5. The molecule has 0 radical (unpaired) electrons. The number of nitrogens with zero attached hydrogens (tertiary/aromatic N) is 1. The fraction of sp³-hybridized carbons (Fsp3) is 0.417. The van der Waals surface area contributed by atoms with Gasteiger partial charge in [0.25, 0.3) is 0 Å². The summed E-state index contributed by atoms with van der Waals surface area (Å²) in [5, 5.41) is 22.7. The lowest BCUT2D eigenvalue weighted by Crippen LogP contribution is -2.45. The smallest absolute Gasteiger partial charge is 0.329 e. The first kappa shape index (κ1) is 14.9. The molecule has 1 rings (SSSR count). The summed E-state index contributed by atoms with van der Waals surface area (Å²) in [7, 11) is 0. The molecular weight excluding hydrogens is 255 g/mol. The van der Waals surface area contributed by atoms with E-state index in [1.807, 2.05) is 0 Å². The van der Waals surface area contributed by atoms with Crippen LogP contribution in [0, 0.1) is 15.9 Å². The maximum atomic E-state index is 13.5. The Bertz CT molecular complexity index is 501. The van der Waals surface area contributed by atoms with Gasteiger partial charge in [0.2, 0.25) is 5.82 Å². The molecule has 0 amide bonds. The molecule has 0 aliphatic rings. The molecule has 1 aromatic rings. The van der Waals surface area contributed by atoms with Gasteiger partial charge in [0.15, 0.2) is 0 Å². The van der Waals surface area contributed by atoms with Crippen LogP contribution in [0.4, 0.5) is 15.8 Å². The monoisotopic (exact) mass is 270 g/mol. The minimum absolute atomic E-state index is 0.129. The van der Waals surface area contributed by atoms with E-state index in [1.54, 1.807) is 13.8 Å². The number of nitrogens with one attached hydrogen (secondary N) is 1. The fourth-order valence-electron chi connectivity index (χ4n) is 1.84. The van der Waals surface area contributed by atoms with E-state index >= 15 is 0 Å². The molecule has 0 bridgehead atoms. The van der Waals surface area contributed by atoms with Crippen LogP contribution in [-0.4, -0.2) is 21.5 Å². The number of carboxylic acids is 1. The summed E-state index contributed by atoms with van der Waals surface area (Å²) >= 11 is 0. The normalized spacial score (nSPS) is 11.1. The zero-order valence-corrected chi connectivity index (χ0v) is 10.6. The number of carbonyl (C=O) groups is 1.